The molecule has 1 aliphatic heterocycles. The maximum atomic E-state index is 5.45. The van der Waals surface area contributed by atoms with Crippen LogP contribution >= 0.6 is 0 Å². The molecule has 3 heteroatoms. The van der Waals surface area contributed by atoms with Gasteiger partial charge in [0.25, 0.3) is 0 Å². The van der Waals surface area contributed by atoms with E-state index in [9.17, 15) is 0 Å². The van der Waals surface area contributed by atoms with E-state index in [1.54, 1.807) is 0 Å². The fourth-order valence-electron chi connectivity index (χ4n) is 1.63. The number of nitrogens with zero attached hydrogens (tertiary/aromatic N) is 1. The Hall–Kier alpha value is -0.830. The summed E-state index contributed by atoms with van der Waals surface area (Å²) in [5.41, 5.74) is 1.27. The Labute approximate surface area is 65.8 Å². The van der Waals surface area contributed by atoms with Crippen LogP contribution < -0.4 is 0 Å². The van der Waals surface area contributed by atoms with E-state index in [0.29, 0.717) is 12.0 Å². The van der Waals surface area contributed by atoms with E-state index >= 15 is 0 Å². The SMILES string of the molecule is CC1OCCC1c1cn[nH]c1. The molecule has 0 radical (unpaired) electrons. The Morgan fingerprint density at radius 3 is 3.18 bits per heavy atom. The zero-order valence-electron chi connectivity index (χ0n) is 6.58. The van der Waals surface area contributed by atoms with E-state index in [0.717, 1.165) is 13.0 Å². The molecule has 3 nitrogen and oxygen atoms in total. The number of hydrogen-bond acceptors (Lipinski definition) is 2. The van der Waals surface area contributed by atoms with Crippen LogP contribution in [0.3, 0.4) is 0 Å². The normalized spacial score (nSPS) is 31.0. The van der Waals surface area contributed by atoms with Gasteiger partial charge in [-0.2, -0.15) is 5.10 Å². The second-order valence-electron chi connectivity index (χ2n) is 3.00. The van der Waals surface area contributed by atoms with Crippen molar-refractivity contribution in [3.05, 3.63) is 18.0 Å². The molecule has 1 N–H and O–H groups in total. The van der Waals surface area contributed by atoms with E-state index in [2.05, 4.69) is 17.1 Å². The monoisotopic (exact) mass is 152 g/mol. The summed E-state index contributed by atoms with van der Waals surface area (Å²) in [6.07, 6.45) is 5.32. The number of aromatic nitrogens is 2. The van der Waals surface area contributed by atoms with Gasteiger partial charge < -0.3 is 4.74 Å². The van der Waals surface area contributed by atoms with Gasteiger partial charge in [-0.25, -0.2) is 0 Å². The summed E-state index contributed by atoms with van der Waals surface area (Å²) in [4.78, 5) is 0. The Balaban J connectivity index is 2.16. The summed E-state index contributed by atoms with van der Waals surface area (Å²) in [7, 11) is 0. The van der Waals surface area contributed by atoms with E-state index in [-0.39, 0.29) is 0 Å². The van der Waals surface area contributed by atoms with Gasteiger partial charge in [-0.1, -0.05) is 0 Å². The van der Waals surface area contributed by atoms with E-state index < -0.39 is 0 Å². The standard InChI is InChI=1S/C8H12N2O/c1-6-8(2-3-11-6)7-4-9-10-5-7/h4-6,8H,2-3H2,1H3,(H,9,10). The van der Waals surface area contributed by atoms with Crippen LogP contribution in [0.4, 0.5) is 0 Å². The Morgan fingerprint density at radius 1 is 1.73 bits per heavy atom. The Kier molecular flexibility index (Phi) is 1.66. The Bertz CT molecular complexity index is 220. The molecule has 1 saturated heterocycles. The van der Waals surface area contributed by atoms with Crippen LogP contribution in [0.25, 0.3) is 0 Å². The van der Waals surface area contributed by atoms with E-state index in [1.807, 2.05) is 12.4 Å². The zero-order valence-corrected chi connectivity index (χ0v) is 6.58. The average molecular weight is 152 g/mol. The molecule has 1 fully saturated rings. The lowest BCUT2D eigenvalue weighted by atomic mass is 9.97. The molecule has 0 amide bonds. The zero-order chi connectivity index (χ0) is 7.68. The van der Waals surface area contributed by atoms with Crippen LogP contribution in [0.15, 0.2) is 12.4 Å². The number of aromatic amines is 1. The molecule has 0 spiro atoms. The van der Waals surface area contributed by atoms with Gasteiger partial charge in [0, 0.05) is 18.7 Å². The lowest BCUT2D eigenvalue weighted by molar-refractivity contribution is 0.118. The lowest BCUT2D eigenvalue weighted by Crippen LogP contribution is -2.08. The molecule has 1 aromatic rings. The van der Waals surface area contributed by atoms with Gasteiger partial charge >= 0.3 is 0 Å². The van der Waals surface area contributed by atoms with Gasteiger partial charge in [0.2, 0.25) is 0 Å². The molecule has 1 aliphatic rings. The first-order chi connectivity index (χ1) is 5.38. The maximum Gasteiger partial charge on any atom is 0.0617 e. The lowest BCUT2D eigenvalue weighted by Gasteiger charge is -2.10. The van der Waals surface area contributed by atoms with E-state index in [4.69, 9.17) is 4.74 Å². The molecule has 2 atom stereocenters. The fourth-order valence-corrected chi connectivity index (χ4v) is 1.63. The largest absolute Gasteiger partial charge is 0.378 e. The summed E-state index contributed by atoms with van der Waals surface area (Å²) in [6, 6.07) is 0. The molecule has 60 valence electrons. The van der Waals surface area contributed by atoms with Crippen LogP contribution in [-0.2, 0) is 4.74 Å². The number of ether oxygens (including phenoxy) is 1. The first-order valence-corrected chi connectivity index (χ1v) is 3.98. The highest BCUT2D eigenvalue weighted by atomic mass is 16.5. The molecule has 2 heterocycles. The third-order valence-corrected chi connectivity index (χ3v) is 2.32. The molecule has 1 aromatic heterocycles. The third-order valence-electron chi connectivity index (χ3n) is 2.32. The molecule has 2 rings (SSSR count). The maximum absolute atomic E-state index is 5.45. The predicted molar refractivity (Wildman–Crippen MR) is 41.4 cm³/mol. The van der Waals surface area contributed by atoms with E-state index in [1.165, 1.54) is 5.56 Å². The van der Waals surface area contributed by atoms with Crippen molar-refractivity contribution < 1.29 is 4.74 Å². The van der Waals surface area contributed by atoms with Crippen molar-refractivity contribution in [2.24, 2.45) is 0 Å². The minimum absolute atomic E-state index is 0.354. The summed E-state index contributed by atoms with van der Waals surface area (Å²) < 4.78 is 5.45. The third kappa shape index (κ3) is 1.16. The molecular weight excluding hydrogens is 140 g/mol. The summed E-state index contributed by atoms with van der Waals surface area (Å²) >= 11 is 0. The predicted octanol–water partition coefficient (Wildman–Crippen LogP) is 1.30. The minimum atomic E-state index is 0.354. The minimum Gasteiger partial charge on any atom is -0.378 e. The number of hydrogen-bond donors (Lipinski definition) is 1. The number of H-pyrrole nitrogens is 1. The molecule has 0 bridgehead atoms. The second-order valence-corrected chi connectivity index (χ2v) is 3.00. The van der Waals surface area contributed by atoms with Crippen molar-refractivity contribution in [2.75, 3.05) is 6.61 Å². The highest BCUT2D eigenvalue weighted by Gasteiger charge is 2.25. The summed E-state index contributed by atoms with van der Waals surface area (Å²) in [6.45, 7) is 3.00. The van der Waals surface area contributed by atoms with Crippen LogP contribution in [-0.4, -0.2) is 22.9 Å². The van der Waals surface area contributed by atoms with Gasteiger partial charge in [0.05, 0.1) is 12.3 Å². The number of rotatable bonds is 1. The van der Waals surface area contributed by atoms with Crippen molar-refractivity contribution in [2.45, 2.75) is 25.4 Å². The molecule has 0 saturated carbocycles. The summed E-state index contributed by atoms with van der Waals surface area (Å²) in [5, 5.41) is 6.74. The summed E-state index contributed by atoms with van der Waals surface area (Å²) in [5.74, 6) is 0.550. The molecule has 0 aromatic carbocycles. The van der Waals surface area contributed by atoms with Crippen molar-refractivity contribution in [3.8, 4) is 0 Å². The van der Waals surface area contributed by atoms with Gasteiger partial charge in [-0.05, 0) is 18.9 Å². The highest BCUT2D eigenvalue weighted by Crippen LogP contribution is 2.29. The van der Waals surface area contributed by atoms with Gasteiger partial charge in [-0.3, -0.25) is 5.10 Å². The molecule has 2 unspecified atom stereocenters. The van der Waals surface area contributed by atoms with Crippen molar-refractivity contribution in [1.29, 1.82) is 0 Å². The van der Waals surface area contributed by atoms with Crippen molar-refractivity contribution >= 4 is 0 Å². The first-order valence-electron chi connectivity index (χ1n) is 3.98. The smallest absolute Gasteiger partial charge is 0.0617 e. The van der Waals surface area contributed by atoms with Gasteiger partial charge in [0.15, 0.2) is 0 Å². The van der Waals surface area contributed by atoms with Crippen LogP contribution in [0.5, 0.6) is 0 Å². The van der Waals surface area contributed by atoms with Gasteiger partial charge in [0.1, 0.15) is 0 Å². The fraction of sp³-hybridized carbons (Fsp3) is 0.625. The van der Waals surface area contributed by atoms with Gasteiger partial charge in [-0.15, -0.1) is 0 Å². The number of nitrogens with one attached hydrogen (secondary N) is 1. The highest BCUT2D eigenvalue weighted by molar-refractivity contribution is 5.13. The topological polar surface area (TPSA) is 37.9 Å². The van der Waals surface area contributed by atoms with Crippen molar-refractivity contribution in [1.82, 2.24) is 10.2 Å². The van der Waals surface area contributed by atoms with Crippen LogP contribution in [0.2, 0.25) is 0 Å². The van der Waals surface area contributed by atoms with Crippen LogP contribution in [0, 0.1) is 0 Å². The quantitative estimate of drug-likeness (QED) is 0.658. The molecule has 0 aliphatic carbocycles. The average Bonchev–Trinajstić information content (AvgIpc) is 2.55. The van der Waals surface area contributed by atoms with Crippen LogP contribution in [0.1, 0.15) is 24.8 Å². The molecular formula is C8H12N2O. The van der Waals surface area contributed by atoms with Crippen molar-refractivity contribution in [3.63, 3.8) is 0 Å². The Morgan fingerprint density at radius 2 is 2.64 bits per heavy atom. The second kappa shape index (κ2) is 2.66. The molecule has 11 heavy (non-hydrogen) atoms. The first kappa shape index (κ1) is 6.85.